The van der Waals surface area contributed by atoms with Crippen LogP contribution in [0.5, 0.6) is 0 Å². The zero-order valence-electron chi connectivity index (χ0n) is 16.1. The SMILES string of the molecule is CCCS(=O)(=O)Nc1ccc(F)c(C(=O)c2c[nH]c3ncc(C=CC(=O)O)cc23)c1F. The molecule has 0 saturated heterocycles. The third-order valence-electron chi connectivity index (χ3n) is 4.27. The summed E-state index contributed by atoms with van der Waals surface area (Å²) in [6, 6.07) is 3.14. The molecular weight excluding hydrogens is 432 g/mol. The molecule has 3 N–H and O–H groups in total. The summed E-state index contributed by atoms with van der Waals surface area (Å²) in [7, 11) is -3.87. The van der Waals surface area contributed by atoms with Crippen molar-refractivity contribution in [2.24, 2.45) is 0 Å². The van der Waals surface area contributed by atoms with E-state index < -0.39 is 44.7 Å². The fourth-order valence-electron chi connectivity index (χ4n) is 2.93. The van der Waals surface area contributed by atoms with Crippen molar-refractivity contribution in [1.29, 1.82) is 0 Å². The van der Waals surface area contributed by atoms with Gasteiger partial charge in [-0.25, -0.2) is 27.0 Å². The van der Waals surface area contributed by atoms with Crippen molar-refractivity contribution in [3.63, 3.8) is 0 Å². The number of rotatable bonds is 8. The number of aromatic amines is 1. The summed E-state index contributed by atoms with van der Waals surface area (Å²) in [5.41, 5.74) is -0.980. The number of pyridine rings is 1. The van der Waals surface area contributed by atoms with E-state index in [4.69, 9.17) is 5.11 Å². The van der Waals surface area contributed by atoms with Crippen LogP contribution in [0.3, 0.4) is 0 Å². The molecule has 0 atom stereocenters. The Kier molecular flexibility index (Phi) is 6.16. The highest BCUT2D eigenvalue weighted by molar-refractivity contribution is 7.92. The molecule has 11 heteroatoms. The van der Waals surface area contributed by atoms with E-state index in [1.54, 1.807) is 6.92 Å². The molecule has 3 rings (SSSR count). The number of hydrogen-bond acceptors (Lipinski definition) is 5. The van der Waals surface area contributed by atoms with E-state index in [0.29, 0.717) is 5.56 Å². The van der Waals surface area contributed by atoms with Gasteiger partial charge in [0.15, 0.2) is 5.82 Å². The number of carbonyl (C=O) groups is 2. The number of sulfonamides is 1. The number of nitrogens with zero attached hydrogens (tertiary/aromatic N) is 1. The molecule has 0 saturated carbocycles. The first-order valence-corrected chi connectivity index (χ1v) is 10.7. The Hall–Kier alpha value is -3.60. The summed E-state index contributed by atoms with van der Waals surface area (Å²) in [5.74, 6) is -4.98. The molecule has 162 valence electrons. The molecule has 0 bridgehead atoms. The van der Waals surface area contributed by atoms with Crippen LogP contribution in [0.2, 0.25) is 0 Å². The Morgan fingerprint density at radius 1 is 1.29 bits per heavy atom. The smallest absolute Gasteiger partial charge is 0.328 e. The van der Waals surface area contributed by atoms with Gasteiger partial charge in [0.25, 0.3) is 0 Å². The molecule has 0 unspecified atom stereocenters. The lowest BCUT2D eigenvalue weighted by molar-refractivity contribution is -0.131. The second kappa shape index (κ2) is 8.64. The van der Waals surface area contributed by atoms with Crippen molar-refractivity contribution < 1.29 is 31.9 Å². The molecule has 0 aliphatic carbocycles. The maximum absolute atomic E-state index is 14.9. The second-order valence-electron chi connectivity index (χ2n) is 6.57. The summed E-state index contributed by atoms with van der Waals surface area (Å²) >= 11 is 0. The van der Waals surface area contributed by atoms with E-state index >= 15 is 0 Å². The zero-order chi connectivity index (χ0) is 22.8. The predicted molar refractivity (Wildman–Crippen MR) is 110 cm³/mol. The molecule has 2 heterocycles. The Bertz CT molecular complexity index is 1320. The van der Waals surface area contributed by atoms with Gasteiger partial charge in [-0.1, -0.05) is 6.92 Å². The van der Waals surface area contributed by atoms with Crippen molar-refractivity contribution in [1.82, 2.24) is 9.97 Å². The molecule has 0 aliphatic heterocycles. The van der Waals surface area contributed by atoms with Gasteiger partial charge in [-0.05, 0) is 36.3 Å². The molecule has 8 nitrogen and oxygen atoms in total. The van der Waals surface area contributed by atoms with E-state index in [0.717, 1.165) is 18.2 Å². The van der Waals surface area contributed by atoms with Crippen molar-refractivity contribution >= 4 is 44.6 Å². The molecule has 1 aromatic carbocycles. The Morgan fingerprint density at radius 3 is 2.71 bits per heavy atom. The number of carboxylic acids is 1. The van der Waals surface area contributed by atoms with Crippen molar-refractivity contribution in [3.8, 4) is 0 Å². The Morgan fingerprint density at radius 2 is 2.03 bits per heavy atom. The topological polar surface area (TPSA) is 129 Å². The standard InChI is InChI=1S/C20H17F2N3O5S/c1-2-7-31(29,30)25-15-5-4-14(21)17(18(15)22)19(28)13-10-24-20-12(13)8-11(9-23-20)3-6-16(26)27/h3-6,8-10,25H,2,7H2,1H3,(H,23,24)(H,26,27). The molecule has 0 aliphatic rings. The van der Waals surface area contributed by atoms with Crippen LogP contribution >= 0.6 is 0 Å². The van der Waals surface area contributed by atoms with Crippen molar-refractivity contribution in [3.05, 3.63) is 65.0 Å². The van der Waals surface area contributed by atoms with E-state index in [1.807, 2.05) is 4.72 Å². The monoisotopic (exact) mass is 449 g/mol. The van der Waals surface area contributed by atoms with Crippen LogP contribution in [0, 0.1) is 11.6 Å². The highest BCUT2D eigenvalue weighted by Crippen LogP contribution is 2.28. The number of hydrogen-bond donors (Lipinski definition) is 3. The van der Waals surface area contributed by atoms with Crippen LogP contribution in [0.4, 0.5) is 14.5 Å². The summed E-state index contributed by atoms with van der Waals surface area (Å²) in [6.07, 6.45) is 4.99. The summed E-state index contributed by atoms with van der Waals surface area (Å²) in [6.45, 7) is 1.63. The van der Waals surface area contributed by atoms with Gasteiger partial charge in [0, 0.05) is 29.4 Å². The first kappa shape index (κ1) is 22.1. The predicted octanol–water partition coefficient (Wildman–Crippen LogP) is 3.32. The van der Waals surface area contributed by atoms with E-state index in [2.05, 4.69) is 9.97 Å². The Balaban J connectivity index is 2.07. The van der Waals surface area contributed by atoms with E-state index in [9.17, 15) is 26.8 Å². The van der Waals surface area contributed by atoms with Gasteiger partial charge in [-0.3, -0.25) is 9.52 Å². The van der Waals surface area contributed by atoms with E-state index in [1.165, 1.54) is 24.5 Å². The minimum Gasteiger partial charge on any atom is -0.478 e. The van der Waals surface area contributed by atoms with Crippen molar-refractivity contribution in [2.45, 2.75) is 13.3 Å². The van der Waals surface area contributed by atoms with Crippen LogP contribution in [-0.4, -0.2) is 41.0 Å². The quantitative estimate of drug-likeness (QED) is 0.357. The highest BCUT2D eigenvalue weighted by Gasteiger charge is 2.25. The first-order valence-electron chi connectivity index (χ1n) is 9.04. The number of carboxylic acid groups (broad SMARTS) is 1. The number of aromatic nitrogens is 2. The van der Waals surface area contributed by atoms with Crippen LogP contribution in [0.1, 0.15) is 34.8 Å². The summed E-state index contributed by atoms with van der Waals surface area (Å²) in [4.78, 5) is 30.4. The number of carbonyl (C=O) groups excluding carboxylic acids is 1. The third-order valence-corrected chi connectivity index (χ3v) is 5.75. The molecule has 0 fully saturated rings. The van der Waals surface area contributed by atoms with E-state index in [-0.39, 0.29) is 28.8 Å². The second-order valence-corrected chi connectivity index (χ2v) is 8.41. The van der Waals surface area contributed by atoms with Crippen LogP contribution in [0.25, 0.3) is 17.1 Å². The fraction of sp³-hybridized carbons (Fsp3) is 0.150. The number of H-pyrrole nitrogens is 1. The number of benzene rings is 1. The molecule has 3 aromatic rings. The summed E-state index contributed by atoms with van der Waals surface area (Å²) in [5, 5.41) is 8.96. The van der Waals surface area contributed by atoms with Gasteiger partial charge in [0.05, 0.1) is 17.0 Å². The minimum absolute atomic E-state index is 0.112. The number of nitrogens with one attached hydrogen (secondary N) is 2. The number of halogens is 2. The Labute approximate surface area is 175 Å². The van der Waals surface area contributed by atoms with Crippen LogP contribution in [0.15, 0.2) is 36.7 Å². The third kappa shape index (κ3) is 4.77. The lowest BCUT2D eigenvalue weighted by Crippen LogP contribution is -2.18. The van der Waals surface area contributed by atoms with Crippen LogP contribution < -0.4 is 4.72 Å². The largest absolute Gasteiger partial charge is 0.478 e. The first-order chi connectivity index (χ1) is 14.6. The number of aliphatic carboxylic acids is 1. The minimum atomic E-state index is -3.87. The molecular formula is C20H17F2N3O5S. The average Bonchev–Trinajstić information content (AvgIpc) is 3.11. The number of fused-ring (bicyclic) bond motifs is 1. The van der Waals surface area contributed by atoms with Gasteiger partial charge in [-0.15, -0.1) is 0 Å². The molecule has 0 amide bonds. The molecule has 0 radical (unpaired) electrons. The molecule has 0 spiro atoms. The lowest BCUT2D eigenvalue weighted by atomic mass is 10.0. The maximum atomic E-state index is 14.9. The normalized spacial score (nSPS) is 11.8. The van der Waals surface area contributed by atoms with Gasteiger partial charge in [-0.2, -0.15) is 0 Å². The zero-order valence-corrected chi connectivity index (χ0v) is 17.0. The average molecular weight is 449 g/mol. The maximum Gasteiger partial charge on any atom is 0.328 e. The van der Waals surface area contributed by atoms with Crippen LogP contribution in [-0.2, 0) is 14.8 Å². The van der Waals surface area contributed by atoms with Gasteiger partial charge < -0.3 is 10.1 Å². The lowest BCUT2D eigenvalue weighted by Gasteiger charge is -2.11. The highest BCUT2D eigenvalue weighted by atomic mass is 32.2. The van der Waals surface area contributed by atoms with Crippen molar-refractivity contribution in [2.75, 3.05) is 10.5 Å². The summed E-state index contributed by atoms with van der Waals surface area (Å²) < 4.78 is 55.3. The van der Waals surface area contributed by atoms with Gasteiger partial charge in [0.1, 0.15) is 11.5 Å². The van der Waals surface area contributed by atoms with Gasteiger partial charge >= 0.3 is 5.97 Å². The molecule has 2 aromatic heterocycles. The number of anilines is 1. The van der Waals surface area contributed by atoms with Gasteiger partial charge in [0.2, 0.25) is 15.8 Å². The molecule has 31 heavy (non-hydrogen) atoms. The fourth-order valence-corrected chi connectivity index (χ4v) is 4.06. The number of ketones is 1.